The zero-order chi connectivity index (χ0) is 16.0. The highest BCUT2D eigenvalue weighted by atomic mass is 14.9. The molecule has 1 N–H and O–H groups in total. The van der Waals surface area contributed by atoms with Gasteiger partial charge in [0.05, 0.1) is 0 Å². The van der Waals surface area contributed by atoms with E-state index in [0.29, 0.717) is 10.8 Å². The van der Waals surface area contributed by atoms with Gasteiger partial charge in [0, 0.05) is 0 Å². The molecule has 2 saturated carbocycles. The average Bonchev–Trinajstić information content (AvgIpc) is 2.64. The van der Waals surface area contributed by atoms with Gasteiger partial charge in [-0.1, -0.05) is 34.6 Å². The molecule has 2 bridgehead atoms. The predicted octanol–water partition coefficient (Wildman–Crippen LogP) is 5.50. The average molecular weight is 306 g/mol. The van der Waals surface area contributed by atoms with Crippen molar-refractivity contribution in [2.75, 3.05) is 13.1 Å². The molecular weight excluding hydrogens is 266 g/mol. The van der Waals surface area contributed by atoms with Gasteiger partial charge in [-0.3, -0.25) is 0 Å². The molecule has 4 atom stereocenters. The molecule has 1 heteroatoms. The molecule has 0 aromatic heterocycles. The van der Waals surface area contributed by atoms with Crippen LogP contribution < -0.4 is 5.32 Å². The fourth-order valence-corrected chi connectivity index (χ4v) is 6.03. The van der Waals surface area contributed by atoms with Crippen LogP contribution in [0.5, 0.6) is 0 Å². The van der Waals surface area contributed by atoms with Gasteiger partial charge in [-0.15, -0.1) is 0 Å². The number of hydrogen-bond donors (Lipinski definition) is 1. The molecule has 3 fully saturated rings. The molecule has 0 amide bonds. The fraction of sp³-hybridized carbons (Fsp3) is 1.00. The Balaban J connectivity index is 1.54. The van der Waals surface area contributed by atoms with Crippen molar-refractivity contribution in [3.05, 3.63) is 0 Å². The van der Waals surface area contributed by atoms with Crippen LogP contribution in [0, 0.1) is 40.4 Å². The van der Waals surface area contributed by atoms with Crippen molar-refractivity contribution in [1.29, 1.82) is 0 Å². The van der Waals surface area contributed by atoms with E-state index in [-0.39, 0.29) is 0 Å². The highest BCUT2D eigenvalue weighted by Crippen LogP contribution is 2.54. The topological polar surface area (TPSA) is 12.0 Å². The van der Waals surface area contributed by atoms with Gasteiger partial charge in [0.1, 0.15) is 0 Å². The highest BCUT2D eigenvalue weighted by Gasteiger charge is 2.44. The van der Waals surface area contributed by atoms with E-state index in [1.54, 1.807) is 12.8 Å². The summed E-state index contributed by atoms with van der Waals surface area (Å²) >= 11 is 0. The van der Waals surface area contributed by atoms with Crippen LogP contribution in [0.4, 0.5) is 0 Å². The molecule has 3 aliphatic rings. The Hall–Kier alpha value is -0.0400. The third kappa shape index (κ3) is 4.08. The predicted molar refractivity (Wildman–Crippen MR) is 95.9 cm³/mol. The maximum Gasteiger partial charge on any atom is -0.000805 e. The second kappa shape index (κ2) is 6.11. The number of hydrogen-bond acceptors (Lipinski definition) is 1. The SMILES string of the molecule is CC(C)(C)CC1CCC2CC1CC2CC(C)(C)CC1CNC1. The summed E-state index contributed by atoms with van der Waals surface area (Å²) in [6.45, 7) is 14.9. The molecule has 22 heavy (non-hydrogen) atoms. The Kier molecular flexibility index (Phi) is 4.67. The van der Waals surface area contributed by atoms with E-state index in [2.05, 4.69) is 39.9 Å². The molecular formula is C21H39N. The van der Waals surface area contributed by atoms with Crippen molar-refractivity contribution in [3.63, 3.8) is 0 Å². The summed E-state index contributed by atoms with van der Waals surface area (Å²) in [6, 6.07) is 0. The summed E-state index contributed by atoms with van der Waals surface area (Å²) in [6.07, 6.45) is 10.6. The zero-order valence-corrected chi connectivity index (χ0v) is 15.8. The van der Waals surface area contributed by atoms with Gasteiger partial charge in [-0.2, -0.15) is 0 Å². The van der Waals surface area contributed by atoms with Crippen LogP contribution in [0.3, 0.4) is 0 Å². The van der Waals surface area contributed by atoms with Crippen LogP contribution in [0.25, 0.3) is 0 Å². The Morgan fingerprint density at radius 3 is 2.09 bits per heavy atom. The van der Waals surface area contributed by atoms with Crippen molar-refractivity contribution in [2.45, 2.75) is 79.6 Å². The molecule has 1 nitrogen and oxygen atoms in total. The molecule has 0 aromatic rings. The number of fused-ring (bicyclic) bond motifs is 2. The van der Waals surface area contributed by atoms with Crippen LogP contribution >= 0.6 is 0 Å². The molecule has 1 heterocycles. The maximum absolute atomic E-state index is 3.44. The van der Waals surface area contributed by atoms with Crippen LogP contribution in [0.1, 0.15) is 79.6 Å². The number of rotatable bonds is 5. The number of nitrogens with one attached hydrogen (secondary N) is 1. The molecule has 0 aromatic carbocycles. The summed E-state index contributed by atoms with van der Waals surface area (Å²) in [4.78, 5) is 0. The first kappa shape index (κ1) is 16.8. The van der Waals surface area contributed by atoms with Gasteiger partial charge in [0.2, 0.25) is 0 Å². The lowest BCUT2D eigenvalue weighted by molar-refractivity contribution is 0.152. The maximum atomic E-state index is 3.44. The lowest BCUT2D eigenvalue weighted by Gasteiger charge is -2.37. The minimum atomic E-state index is 0.520. The minimum Gasteiger partial charge on any atom is -0.316 e. The van der Waals surface area contributed by atoms with Gasteiger partial charge in [-0.05, 0) is 98.5 Å². The monoisotopic (exact) mass is 305 g/mol. The van der Waals surface area contributed by atoms with E-state index in [1.165, 1.54) is 45.2 Å². The summed E-state index contributed by atoms with van der Waals surface area (Å²) in [5, 5.41) is 3.44. The van der Waals surface area contributed by atoms with E-state index in [1.807, 2.05) is 0 Å². The van der Waals surface area contributed by atoms with E-state index in [9.17, 15) is 0 Å². The standard InChI is InChI=1S/C21H39N/c1-20(2,3)11-17-7-6-16-8-18(17)9-19(16)12-21(4,5)10-15-13-22-14-15/h15-19,22H,6-14H2,1-5H3. The second-order valence-electron chi connectivity index (χ2n) is 11.0. The third-order valence-electron chi connectivity index (χ3n) is 6.85. The normalized spacial score (nSPS) is 36.4. The Bertz CT molecular complexity index is 374. The first-order chi connectivity index (χ1) is 10.2. The Morgan fingerprint density at radius 2 is 1.50 bits per heavy atom. The van der Waals surface area contributed by atoms with Crippen molar-refractivity contribution in [1.82, 2.24) is 5.32 Å². The smallest absolute Gasteiger partial charge is 0.000805 e. The quantitative estimate of drug-likeness (QED) is 0.707. The highest BCUT2D eigenvalue weighted by molar-refractivity contribution is 4.95. The molecule has 128 valence electrons. The summed E-state index contributed by atoms with van der Waals surface area (Å²) < 4.78 is 0. The summed E-state index contributed by atoms with van der Waals surface area (Å²) in [5.41, 5.74) is 1.08. The van der Waals surface area contributed by atoms with E-state index in [4.69, 9.17) is 0 Å². The molecule has 0 spiro atoms. The van der Waals surface area contributed by atoms with E-state index in [0.717, 1.165) is 29.6 Å². The lowest BCUT2D eigenvalue weighted by atomic mass is 9.71. The van der Waals surface area contributed by atoms with Gasteiger partial charge >= 0.3 is 0 Å². The third-order valence-corrected chi connectivity index (χ3v) is 6.85. The van der Waals surface area contributed by atoms with Crippen molar-refractivity contribution in [3.8, 4) is 0 Å². The second-order valence-corrected chi connectivity index (χ2v) is 11.0. The fourth-order valence-electron chi connectivity index (χ4n) is 6.03. The molecule has 1 saturated heterocycles. The van der Waals surface area contributed by atoms with Crippen LogP contribution in [0.2, 0.25) is 0 Å². The van der Waals surface area contributed by atoms with Crippen LogP contribution in [-0.2, 0) is 0 Å². The van der Waals surface area contributed by atoms with Gasteiger partial charge in [0.25, 0.3) is 0 Å². The van der Waals surface area contributed by atoms with Crippen LogP contribution in [0.15, 0.2) is 0 Å². The molecule has 3 rings (SSSR count). The molecule has 4 unspecified atom stereocenters. The van der Waals surface area contributed by atoms with Gasteiger partial charge < -0.3 is 5.32 Å². The van der Waals surface area contributed by atoms with Gasteiger partial charge in [-0.25, -0.2) is 0 Å². The molecule has 2 aliphatic carbocycles. The first-order valence-corrected chi connectivity index (χ1v) is 9.93. The van der Waals surface area contributed by atoms with E-state index >= 15 is 0 Å². The zero-order valence-electron chi connectivity index (χ0n) is 15.8. The Morgan fingerprint density at radius 1 is 0.773 bits per heavy atom. The minimum absolute atomic E-state index is 0.520. The molecule has 1 aliphatic heterocycles. The van der Waals surface area contributed by atoms with Crippen molar-refractivity contribution in [2.24, 2.45) is 40.4 Å². The van der Waals surface area contributed by atoms with E-state index < -0.39 is 0 Å². The van der Waals surface area contributed by atoms with Crippen LogP contribution in [-0.4, -0.2) is 13.1 Å². The molecule has 0 radical (unpaired) electrons. The largest absolute Gasteiger partial charge is 0.316 e. The Labute approximate surface area is 139 Å². The van der Waals surface area contributed by atoms with Gasteiger partial charge in [0.15, 0.2) is 0 Å². The summed E-state index contributed by atoms with van der Waals surface area (Å²) in [5.74, 6) is 5.16. The van der Waals surface area contributed by atoms with Crippen molar-refractivity contribution < 1.29 is 0 Å². The van der Waals surface area contributed by atoms with Crippen molar-refractivity contribution >= 4 is 0 Å². The first-order valence-electron chi connectivity index (χ1n) is 9.93. The summed E-state index contributed by atoms with van der Waals surface area (Å²) in [7, 11) is 0. The lowest BCUT2D eigenvalue weighted by Crippen LogP contribution is -2.44.